The lowest BCUT2D eigenvalue weighted by Gasteiger charge is -2.19. The first-order valence-electron chi connectivity index (χ1n) is 11.7. The number of amides is 3. The molecule has 0 atom stereocenters. The molecule has 3 aromatic carbocycles. The molecular formula is C27H24ClF2N5O4. The zero-order valence-corrected chi connectivity index (χ0v) is 21.9. The summed E-state index contributed by atoms with van der Waals surface area (Å²) in [6.45, 7) is 4.85. The van der Waals surface area contributed by atoms with E-state index in [1.165, 1.54) is 24.3 Å². The second-order valence-corrected chi connectivity index (χ2v) is 9.92. The Morgan fingerprint density at radius 3 is 2.49 bits per heavy atom. The highest BCUT2D eigenvalue weighted by Gasteiger charge is 2.23. The van der Waals surface area contributed by atoms with Gasteiger partial charge in [-0.15, -0.1) is 5.10 Å². The summed E-state index contributed by atoms with van der Waals surface area (Å²) in [6.07, 6.45) is -0.772. The van der Waals surface area contributed by atoms with Crippen molar-refractivity contribution < 1.29 is 27.9 Å². The zero-order chi connectivity index (χ0) is 28.3. The van der Waals surface area contributed by atoms with Gasteiger partial charge in [-0.2, -0.15) is 4.68 Å². The molecule has 4 aromatic rings. The number of anilines is 2. The number of halogens is 3. The number of aromatic nitrogens is 2. The van der Waals surface area contributed by atoms with Gasteiger partial charge in [0.15, 0.2) is 5.82 Å². The van der Waals surface area contributed by atoms with Gasteiger partial charge >= 0.3 is 12.1 Å². The van der Waals surface area contributed by atoms with E-state index in [-0.39, 0.29) is 29.2 Å². The number of nitrogens with one attached hydrogen (secondary N) is 3. The second-order valence-electron chi connectivity index (χ2n) is 9.48. The highest BCUT2D eigenvalue weighted by molar-refractivity contribution is 6.31. The van der Waals surface area contributed by atoms with Crippen molar-refractivity contribution in [3.05, 3.63) is 88.4 Å². The average molecular weight is 556 g/mol. The third-order valence-electron chi connectivity index (χ3n) is 5.27. The van der Waals surface area contributed by atoms with Crippen molar-refractivity contribution in [2.24, 2.45) is 0 Å². The fourth-order valence-corrected chi connectivity index (χ4v) is 3.76. The van der Waals surface area contributed by atoms with E-state index in [0.717, 1.165) is 22.9 Å². The van der Waals surface area contributed by atoms with Crippen LogP contribution in [0.5, 0.6) is 0 Å². The van der Waals surface area contributed by atoms with Crippen LogP contribution in [0.4, 0.5) is 29.9 Å². The third-order valence-corrected chi connectivity index (χ3v) is 5.51. The van der Waals surface area contributed by atoms with E-state index in [1.54, 1.807) is 39.0 Å². The van der Waals surface area contributed by atoms with E-state index >= 15 is 0 Å². The molecule has 3 amide bonds. The number of carbonyl (C=O) groups is 3. The van der Waals surface area contributed by atoms with Crippen LogP contribution in [0.1, 0.15) is 36.7 Å². The Hall–Kier alpha value is -4.51. The topological polar surface area (TPSA) is 114 Å². The smallest absolute Gasteiger partial charge is 0.435 e. The predicted molar refractivity (Wildman–Crippen MR) is 143 cm³/mol. The molecule has 39 heavy (non-hydrogen) atoms. The zero-order valence-electron chi connectivity index (χ0n) is 21.1. The van der Waals surface area contributed by atoms with Gasteiger partial charge in [-0.3, -0.25) is 4.79 Å². The van der Waals surface area contributed by atoms with Gasteiger partial charge in [0.1, 0.15) is 17.2 Å². The Bertz CT molecular complexity index is 1580. The molecule has 0 spiro atoms. The minimum atomic E-state index is -0.805. The van der Waals surface area contributed by atoms with E-state index in [4.69, 9.17) is 16.3 Å². The number of urea groups is 1. The molecule has 0 bridgehead atoms. The third kappa shape index (κ3) is 6.88. The normalized spacial score (nSPS) is 11.2. The molecule has 0 unspecified atom stereocenters. The summed E-state index contributed by atoms with van der Waals surface area (Å²) in [5.74, 6) is -1.78. The number of rotatable bonds is 5. The molecule has 12 heteroatoms. The van der Waals surface area contributed by atoms with Crippen molar-refractivity contribution in [3.8, 4) is 0 Å². The van der Waals surface area contributed by atoms with Gasteiger partial charge in [-0.1, -0.05) is 17.7 Å². The van der Waals surface area contributed by atoms with Gasteiger partial charge < -0.3 is 20.7 Å². The van der Waals surface area contributed by atoms with Crippen LogP contribution in [0.3, 0.4) is 0 Å². The van der Waals surface area contributed by atoms with E-state index in [1.807, 2.05) is 0 Å². The van der Waals surface area contributed by atoms with Crippen LogP contribution in [0.2, 0.25) is 5.02 Å². The Balaban J connectivity index is 1.61. The average Bonchev–Trinajstić information content (AvgIpc) is 3.21. The number of hydrogen-bond donors (Lipinski definition) is 3. The Kier molecular flexibility index (Phi) is 7.82. The first kappa shape index (κ1) is 27.5. The monoisotopic (exact) mass is 555 g/mol. The highest BCUT2D eigenvalue weighted by atomic mass is 35.5. The quantitative estimate of drug-likeness (QED) is 0.266. The molecule has 0 aliphatic rings. The number of ether oxygens (including phenoxy) is 1. The van der Waals surface area contributed by atoms with E-state index in [2.05, 4.69) is 21.0 Å². The minimum Gasteiger partial charge on any atom is -0.442 e. The summed E-state index contributed by atoms with van der Waals surface area (Å²) in [6, 6.07) is 13.0. The molecule has 0 saturated carbocycles. The molecule has 0 saturated heterocycles. The van der Waals surface area contributed by atoms with E-state index < -0.39 is 35.3 Å². The van der Waals surface area contributed by atoms with E-state index in [9.17, 15) is 23.2 Å². The lowest BCUT2D eigenvalue weighted by molar-refractivity contribution is 0.0522. The van der Waals surface area contributed by atoms with Gasteiger partial charge in [0.05, 0.1) is 5.52 Å². The SMILES string of the molecule is CC(C)(C)OC(=O)n1nc(NC(=O)c2cccc(Cl)c2)c2cc(NC(=O)NCc3cc(F)ccc3F)ccc21. The van der Waals surface area contributed by atoms with Crippen LogP contribution in [0.15, 0.2) is 60.7 Å². The number of fused-ring (bicyclic) bond motifs is 1. The summed E-state index contributed by atoms with van der Waals surface area (Å²) >= 11 is 6.00. The molecule has 1 heterocycles. The molecule has 0 radical (unpaired) electrons. The van der Waals surface area contributed by atoms with Crippen molar-refractivity contribution >= 4 is 52.0 Å². The van der Waals surface area contributed by atoms with Gasteiger partial charge in [0.25, 0.3) is 5.91 Å². The fourth-order valence-electron chi connectivity index (χ4n) is 3.57. The van der Waals surface area contributed by atoms with Crippen molar-refractivity contribution in [2.45, 2.75) is 32.9 Å². The molecule has 202 valence electrons. The number of nitrogens with zero attached hydrogens (tertiary/aromatic N) is 2. The van der Waals surface area contributed by atoms with Crippen LogP contribution >= 0.6 is 11.6 Å². The number of carbonyl (C=O) groups excluding carboxylic acids is 3. The van der Waals surface area contributed by atoms with Crippen molar-refractivity contribution in [1.82, 2.24) is 15.1 Å². The molecule has 4 rings (SSSR count). The lowest BCUT2D eigenvalue weighted by Crippen LogP contribution is -2.28. The van der Waals surface area contributed by atoms with Gasteiger partial charge in [0.2, 0.25) is 0 Å². The van der Waals surface area contributed by atoms with Crippen LogP contribution in [-0.4, -0.2) is 33.4 Å². The van der Waals surface area contributed by atoms with E-state index in [0.29, 0.717) is 15.9 Å². The van der Waals surface area contributed by atoms with Crippen LogP contribution in [-0.2, 0) is 11.3 Å². The predicted octanol–water partition coefficient (Wildman–Crippen LogP) is 6.33. The maximum Gasteiger partial charge on any atom is 0.435 e. The molecular weight excluding hydrogens is 532 g/mol. The van der Waals surface area contributed by atoms with Crippen LogP contribution in [0, 0.1) is 11.6 Å². The number of hydrogen-bond acceptors (Lipinski definition) is 5. The summed E-state index contributed by atoms with van der Waals surface area (Å²) in [5.41, 5.74) is 0.0198. The molecule has 0 aliphatic heterocycles. The minimum absolute atomic E-state index is 0.0229. The maximum atomic E-state index is 13.9. The Morgan fingerprint density at radius 1 is 1.00 bits per heavy atom. The van der Waals surface area contributed by atoms with Crippen molar-refractivity contribution in [3.63, 3.8) is 0 Å². The highest BCUT2D eigenvalue weighted by Crippen LogP contribution is 2.28. The maximum absolute atomic E-state index is 13.9. The van der Waals surface area contributed by atoms with Gasteiger partial charge in [0, 0.05) is 33.8 Å². The second kappa shape index (κ2) is 11.1. The molecule has 1 aromatic heterocycles. The first-order chi connectivity index (χ1) is 18.4. The first-order valence-corrected chi connectivity index (χ1v) is 12.1. The fraction of sp³-hybridized carbons (Fsp3) is 0.185. The molecule has 9 nitrogen and oxygen atoms in total. The largest absolute Gasteiger partial charge is 0.442 e. The molecule has 0 fully saturated rings. The Morgan fingerprint density at radius 2 is 1.77 bits per heavy atom. The summed E-state index contributed by atoms with van der Waals surface area (Å²) < 4.78 is 33.7. The summed E-state index contributed by atoms with van der Waals surface area (Å²) in [7, 11) is 0. The standard InChI is InChI=1S/C27H24ClF2N5O4/c1-27(2,3)39-26(38)35-22-10-8-19(32-25(37)31-14-16-12-18(29)7-9-21(16)30)13-20(22)23(34-35)33-24(36)15-5-4-6-17(28)11-15/h4-13H,14H2,1-3H3,(H2,31,32,37)(H,33,34,36). The number of benzene rings is 3. The Labute approximate surface area is 227 Å². The van der Waals surface area contributed by atoms with Crippen LogP contribution in [0.25, 0.3) is 10.9 Å². The van der Waals surface area contributed by atoms with Crippen molar-refractivity contribution in [1.29, 1.82) is 0 Å². The molecule has 3 N–H and O–H groups in total. The summed E-state index contributed by atoms with van der Waals surface area (Å²) in [5, 5.41) is 12.6. The van der Waals surface area contributed by atoms with Crippen LogP contribution < -0.4 is 16.0 Å². The summed E-state index contributed by atoms with van der Waals surface area (Å²) in [4.78, 5) is 38.2. The van der Waals surface area contributed by atoms with Crippen molar-refractivity contribution in [2.75, 3.05) is 10.6 Å². The van der Waals surface area contributed by atoms with Gasteiger partial charge in [-0.05, 0) is 75.4 Å². The van der Waals surface area contributed by atoms with Gasteiger partial charge in [-0.25, -0.2) is 18.4 Å². The molecule has 0 aliphatic carbocycles. The lowest BCUT2D eigenvalue weighted by atomic mass is 10.2.